The molecule has 0 unspecified atom stereocenters. The van der Waals surface area contributed by atoms with Crippen LogP contribution in [0.25, 0.3) is 0 Å². The Labute approximate surface area is 108 Å². The fourth-order valence-electron chi connectivity index (χ4n) is 3.48. The quantitative estimate of drug-likeness (QED) is 0.884. The van der Waals surface area contributed by atoms with Crippen LogP contribution in [0.1, 0.15) is 31.2 Å². The molecule has 0 bridgehead atoms. The standard InChI is InChI=1S/C15H19N3/c16-11-13-4-1-5-14(10-13)17-12-15-6-2-8-18(15)9-3-7-15/h1,4-5,10,17H,2-3,6-9,12H2. The van der Waals surface area contributed by atoms with E-state index in [4.69, 9.17) is 5.26 Å². The number of rotatable bonds is 3. The van der Waals surface area contributed by atoms with Crippen molar-refractivity contribution in [3.8, 4) is 6.07 Å². The molecule has 0 amide bonds. The summed E-state index contributed by atoms with van der Waals surface area (Å²) in [6.45, 7) is 3.54. The van der Waals surface area contributed by atoms with Crippen molar-refractivity contribution in [3.63, 3.8) is 0 Å². The maximum Gasteiger partial charge on any atom is 0.0992 e. The molecule has 0 spiro atoms. The first-order chi connectivity index (χ1) is 8.82. The highest BCUT2D eigenvalue weighted by atomic mass is 15.3. The topological polar surface area (TPSA) is 39.1 Å². The van der Waals surface area contributed by atoms with Gasteiger partial charge in [0.15, 0.2) is 0 Å². The van der Waals surface area contributed by atoms with E-state index in [1.54, 1.807) is 0 Å². The van der Waals surface area contributed by atoms with Crippen LogP contribution in [0, 0.1) is 11.3 Å². The van der Waals surface area contributed by atoms with Gasteiger partial charge in [-0.05, 0) is 57.0 Å². The van der Waals surface area contributed by atoms with Gasteiger partial charge in [-0.25, -0.2) is 0 Å². The van der Waals surface area contributed by atoms with Crippen LogP contribution in [0.2, 0.25) is 0 Å². The molecule has 3 heteroatoms. The molecule has 94 valence electrons. The van der Waals surface area contributed by atoms with Crippen molar-refractivity contribution < 1.29 is 0 Å². The number of nitrogens with one attached hydrogen (secondary N) is 1. The van der Waals surface area contributed by atoms with Crippen molar-refractivity contribution >= 4 is 5.69 Å². The first-order valence-electron chi connectivity index (χ1n) is 6.82. The summed E-state index contributed by atoms with van der Waals surface area (Å²) in [5.41, 5.74) is 2.19. The molecule has 0 aliphatic carbocycles. The van der Waals surface area contributed by atoms with Gasteiger partial charge in [0.2, 0.25) is 0 Å². The lowest BCUT2D eigenvalue weighted by atomic mass is 9.94. The average molecular weight is 241 g/mol. The molecule has 2 saturated heterocycles. The lowest BCUT2D eigenvalue weighted by Gasteiger charge is -2.32. The molecule has 1 aromatic rings. The molecule has 1 N–H and O–H groups in total. The molecular formula is C15H19N3. The van der Waals surface area contributed by atoms with E-state index in [9.17, 15) is 0 Å². The fourth-order valence-corrected chi connectivity index (χ4v) is 3.48. The summed E-state index contributed by atoms with van der Waals surface area (Å²) in [7, 11) is 0. The molecular weight excluding hydrogens is 222 g/mol. The monoisotopic (exact) mass is 241 g/mol. The minimum Gasteiger partial charge on any atom is -0.383 e. The van der Waals surface area contributed by atoms with E-state index in [1.807, 2.05) is 24.3 Å². The van der Waals surface area contributed by atoms with Crippen LogP contribution < -0.4 is 5.32 Å². The lowest BCUT2D eigenvalue weighted by Crippen LogP contribution is -2.44. The van der Waals surface area contributed by atoms with E-state index in [-0.39, 0.29) is 0 Å². The SMILES string of the molecule is N#Cc1cccc(NCC23CCCN2CCC3)c1. The van der Waals surface area contributed by atoms with E-state index >= 15 is 0 Å². The zero-order chi connectivity index (χ0) is 12.4. The Morgan fingerprint density at radius 1 is 1.28 bits per heavy atom. The Balaban J connectivity index is 1.69. The van der Waals surface area contributed by atoms with E-state index < -0.39 is 0 Å². The van der Waals surface area contributed by atoms with E-state index in [2.05, 4.69) is 16.3 Å². The third-order valence-corrected chi connectivity index (χ3v) is 4.42. The summed E-state index contributed by atoms with van der Waals surface area (Å²) >= 11 is 0. The molecule has 1 aromatic carbocycles. The maximum absolute atomic E-state index is 8.90. The Morgan fingerprint density at radius 3 is 2.78 bits per heavy atom. The number of nitrogens with zero attached hydrogens (tertiary/aromatic N) is 2. The normalized spacial score (nSPS) is 21.5. The molecule has 2 aliphatic rings. The minimum absolute atomic E-state index is 0.392. The second kappa shape index (κ2) is 4.62. The predicted molar refractivity (Wildman–Crippen MR) is 72.4 cm³/mol. The first-order valence-corrected chi connectivity index (χ1v) is 6.82. The molecule has 2 heterocycles. The number of hydrogen-bond donors (Lipinski definition) is 1. The van der Waals surface area contributed by atoms with Gasteiger partial charge in [0, 0.05) is 17.8 Å². The van der Waals surface area contributed by atoms with Crippen LogP contribution in [0.3, 0.4) is 0 Å². The molecule has 3 nitrogen and oxygen atoms in total. The third kappa shape index (κ3) is 1.97. The summed E-state index contributed by atoms with van der Waals surface area (Å²) in [5, 5.41) is 12.4. The molecule has 2 fully saturated rings. The largest absolute Gasteiger partial charge is 0.383 e. The van der Waals surface area contributed by atoms with Gasteiger partial charge in [-0.15, -0.1) is 0 Å². The number of nitriles is 1. The van der Waals surface area contributed by atoms with Crippen molar-refractivity contribution in [3.05, 3.63) is 29.8 Å². The first kappa shape index (κ1) is 11.6. The molecule has 0 aromatic heterocycles. The van der Waals surface area contributed by atoms with Crippen LogP contribution in [0.5, 0.6) is 0 Å². The van der Waals surface area contributed by atoms with Crippen molar-refractivity contribution in [2.45, 2.75) is 31.2 Å². The molecule has 0 saturated carbocycles. The Bertz CT molecular complexity index is 465. The Kier molecular flexibility index (Phi) is 2.97. The Hall–Kier alpha value is -1.53. The van der Waals surface area contributed by atoms with Crippen LogP contribution in [0.4, 0.5) is 5.69 Å². The van der Waals surface area contributed by atoms with Gasteiger partial charge >= 0.3 is 0 Å². The van der Waals surface area contributed by atoms with Crippen molar-refractivity contribution in [1.29, 1.82) is 5.26 Å². The Morgan fingerprint density at radius 2 is 2.06 bits per heavy atom. The predicted octanol–water partition coefficient (Wildman–Crippen LogP) is 2.60. The number of benzene rings is 1. The highest BCUT2D eigenvalue weighted by Gasteiger charge is 2.43. The highest BCUT2D eigenvalue weighted by molar-refractivity contribution is 5.49. The molecule has 2 aliphatic heterocycles. The zero-order valence-electron chi connectivity index (χ0n) is 10.7. The van der Waals surface area contributed by atoms with Crippen molar-refractivity contribution in [2.24, 2.45) is 0 Å². The zero-order valence-corrected chi connectivity index (χ0v) is 10.7. The van der Waals surface area contributed by atoms with Gasteiger partial charge in [0.05, 0.1) is 11.6 Å². The van der Waals surface area contributed by atoms with Crippen molar-refractivity contribution in [2.75, 3.05) is 25.0 Å². The van der Waals surface area contributed by atoms with Crippen LogP contribution in [-0.4, -0.2) is 30.1 Å². The number of hydrogen-bond acceptors (Lipinski definition) is 3. The van der Waals surface area contributed by atoms with Gasteiger partial charge in [0.25, 0.3) is 0 Å². The summed E-state index contributed by atoms with van der Waals surface area (Å²) in [6, 6.07) is 9.96. The maximum atomic E-state index is 8.90. The summed E-state index contributed by atoms with van der Waals surface area (Å²) in [6.07, 6.45) is 5.30. The second-order valence-corrected chi connectivity index (χ2v) is 5.46. The average Bonchev–Trinajstić information content (AvgIpc) is 2.96. The highest BCUT2D eigenvalue weighted by Crippen LogP contribution is 2.38. The molecule has 18 heavy (non-hydrogen) atoms. The fraction of sp³-hybridized carbons (Fsp3) is 0.533. The van der Waals surface area contributed by atoms with Gasteiger partial charge < -0.3 is 5.32 Å². The van der Waals surface area contributed by atoms with Gasteiger partial charge in [0.1, 0.15) is 0 Å². The third-order valence-electron chi connectivity index (χ3n) is 4.42. The van der Waals surface area contributed by atoms with Gasteiger partial charge in [-0.1, -0.05) is 6.07 Å². The van der Waals surface area contributed by atoms with Crippen LogP contribution >= 0.6 is 0 Å². The number of anilines is 1. The summed E-state index contributed by atoms with van der Waals surface area (Å²) in [5.74, 6) is 0. The van der Waals surface area contributed by atoms with Crippen LogP contribution in [0.15, 0.2) is 24.3 Å². The van der Waals surface area contributed by atoms with Crippen molar-refractivity contribution in [1.82, 2.24) is 4.90 Å². The van der Waals surface area contributed by atoms with Gasteiger partial charge in [-0.3, -0.25) is 4.90 Å². The lowest BCUT2D eigenvalue weighted by molar-refractivity contribution is 0.209. The second-order valence-electron chi connectivity index (χ2n) is 5.46. The smallest absolute Gasteiger partial charge is 0.0992 e. The van der Waals surface area contributed by atoms with Gasteiger partial charge in [-0.2, -0.15) is 5.26 Å². The van der Waals surface area contributed by atoms with E-state index in [0.717, 1.165) is 17.8 Å². The van der Waals surface area contributed by atoms with Crippen LogP contribution in [-0.2, 0) is 0 Å². The van der Waals surface area contributed by atoms with E-state index in [1.165, 1.54) is 38.8 Å². The molecule has 3 rings (SSSR count). The molecule has 0 radical (unpaired) electrons. The summed E-state index contributed by atoms with van der Waals surface area (Å²) < 4.78 is 0. The summed E-state index contributed by atoms with van der Waals surface area (Å²) in [4.78, 5) is 2.65. The molecule has 0 atom stereocenters. The van der Waals surface area contributed by atoms with E-state index in [0.29, 0.717) is 5.54 Å². The minimum atomic E-state index is 0.392. The number of fused-ring (bicyclic) bond motifs is 1.